The maximum absolute atomic E-state index is 12.2. The lowest BCUT2D eigenvalue weighted by molar-refractivity contribution is 0.0471. The highest BCUT2D eigenvalue weighted by Gasteiger charge is 2.26. The van der Waals surface area contributed by atoms with Gasteiger partial charge in [0.15, 0.2) is 0 Å². The quantitative estimate of drug-likeness (QED) is 0.873. The molecular formula is C20H27N3O4. The van der Waals surface area contributed by atoms with E-state index in [0.717, 1.165) is 11.1 Å². The summed E-state index contributed by atoms with van der Waals surface area (Å²) in [5, 5.41) is 11.6. The van der Waals surface area contributed by atoms with Crippen LogP contribution in [0.2, 0.25) is 0 Å². The van der Waals surface area contributed by atoms with Gasteiger partial charge in [-0.25, -0.2) is 9.59 Å². The summed E-state index contributed by atoms with van der Waals surface area (Å²) in [5.74, 6) is 0. The van der Waals surface area contributed by atoms with E-state index in [1.807, 2.05) is 45.0 Å². The number of hydrogen-bond donors (Lipinski definition) is 1. The monoisotopic (exact) mass is 373 g/mol. The SMILES string of the molecule is CC(C)(C)OC(=O)NC1CCN(C(=O)OCc2cccc(CC#N)c2)CC1. The van der Waals surface area contributed by atoms with E-state index in [2.05, 4.69) is 11.4 Å². The lowest BCUT2D eigenvalue weighted by atomic mass is 10.1. The van der Waals surface area contributed by atoms with Crippen molar-refractivity contribution in [2.24, 2.45) is 0 Å². The summed E-state index contributed by atoms with van der Waals surface area (Å²) in [7, 11) is 0. The maximum atomic E-state index is 12.2. The fourth-order valence-corrected chi connectivity index (χ4v) is 2.84. The van der Waals surface area contributed by atoms with Crippen LogP contribution in [0.5, 0.6) is 0 Å². The summed E-state index contributed by atoms with van der Waals surface area (Å²) < 4.78 is 10.6. The van der Waals surface area contributed by atoms with Crippen LogP contribution < -0.4 is 5.32 Å². The number of likely N-dealkylation sites (tertiary alicyclic amines) is 1. The van der Waals surface area contributed by atoms with E-state index in [1.165, 1.54) is 0 Å². The normalized spacial score (nSPS) is 15.0. The minimum absolute atomic E-state index is 0.00781. The van der Waals surface area contributed by atoms with Crippen LogP contribution in [0.25, 0.3) is 0 Å². The molecule has 1 heterocycles. The Hall–Kier alpha value is -2.75. The van der Waals surface area contributed by atoms with Crippen molar-refractivity contribution in [2.75, 3.05) is 13.1 Å². The molecule has 0 bridgehead atoms. The van der Waals surface area contributed by atoms with Crippen molar-refractivity contribution in [1.29, 1.82) is 5.26 Å². The van der Waals surface area contributed by atoms with Gasteiger partial charge in [0, 0.05) is 19.1 Å². The minimum Gasteiger partial charge on any atom is -0.445 e. The van der Waals surface area contributed by atoms with Gasteiger partial charge in [0.1, 0.15) is 12.2 Å². The number of carbonyl (C=O) groups is 2. The first kappa shape index (κ1) is 20.6. The Bertz CT molecular complexity index is 698. The molecule has 7 nitrogen and oxygen atoms in total. The lowest BCUT2D eigenvalue weighted by Gasteiger charge is -2.32. The van der Waals surface area contributed by atoms with E-state index < -0.39 is 11.7 Å². The summed E-state index contributed by atoms with van der Waals surface area (Å²) in [6, 6.07) is 9.55. The predicted octanol–water partition coefficient (Wildman–Crippen LogP) is 3.38. The number of ether oxygens (including phenoxy) is 2. The van der Waals surface area contributed by atoms with Crippen LogP contribution in [0.1, 0.15) is 44.7 Å². The highest BCUT2D eigenvalue weighted by atomic mass is 16.6. The average molecular weight is 373 g/mol. The molecular weight excluding hydrogens is 346 g/mol. The second-order valence-corrected chi connectivity index (χ2v) is 7.62. The van der Waals surface area contributed by atoms with E-state index in [1.54, 1.807) is 4.90 Å². The first-order valence-electron chi connectivity index (χ1n) is 9.13. The van der Waals surface area contributed by atoms with E-state index in [0.29, 0.717) is 32.4 Å². The maximum Gasteiger partial charge on any atom is 0.410 e. The van der Waals surface area contributed by atoms with Crippen molar-refractivity contribution in [3.63, 3.8) is 0 Å². The first-order valence-corrected chi connectivity index (χ1v) is 9.13. The van der Waals surface area contributed by atoms with Gasteiger partial charge in [-0.1, -0.05) is 24.3 Å². The van der Waals surface area contributed by atoms with Crippen molar-refractivity contribution < 1.29 is 19.1 Å². The molecule has 0 atom stereocenters. The van der Waals surface area contributed by atoms with Crippen LogP contribution in [0.4, 0.5) is 9.59 Å². The first-order chi connectivity index (χ1) is 12.8. The Morgan fingerprint density at radius 1 is 1.26 bits per heavy atom. The summed E-state index contributed by atoms with van der Waals surface area (Å²) in [6.45, 7) is 6.68. The zero-order valence-electron chi connectivity index (χ0n) is 16.2. The molecule has 2 amide bonds. The summed E-state index contributed by atoms with van der Waals surface area (Å²) in [4.78, 5) is 25.7. The van der Waals surface area contributed by atoms with Crippen molar-refractivity contribution >= 4 is 12.2 Å². The van der Waals surface area contributed by atoms with Gasteiger partial charge < -0.3 is 19.7 Å². The average Bonchev–Trinajstić information content (AvgIpc) is 2.59. The van der Waals surface area contributed by atoms with Crippen molar-refractivity contribution in [2.45, 2.75) is 58.3 Å². The number of alkyl carbamates (subject to hydrolysis) is 1. The Balaban J connectivity index is 1.74. The number of nitriles is 1. The van der Waals surface area contributed by atoms with E-state index >= 15 is 0 Å². The number of nitrogens with one attached hydrogen (secondary N) is 1. The van der Waals surface area contributed by atoms with Crippen LogP contribution in [-0.2, 0) is 22.5 Å². The Labute approximate surface area is 160 Å². The van der Waals surface area contributed by atoms with Crippen LogP contribution in [0.3, 0.4) is 0 Å². The second kappa shape index (κ2) is 9.26. The van der Waals surface area contributed by atoms with E-state index in [4.69, 9.17) is 14.7 Å². The lowest BCUT2D eigenvalue weighted by Crippen LogP contribution is -2.47. The number of hydrogen-bond acceptors (Lipinski definition) is 5. The van der Waals surface area contributed by atoms with E-state index in [9.17, 15) is 9.59 Å². The molecule has 1 N–H and O–H groups in total. The van der Waals surface area contributed by atoms with Gasteiger partial charge in [0.2, 0.25) is 0 Å². The predicted molar refractivity (Wildman–Crippen MR) is 99.9 cm³/mol. The Morgan fingerprint density at radius 3 is 2.56 bits per heavy atom. The zero-order valence-corrected chi connectivity index (χ0v) is 16.2. The summed E-state index contributed by atoms with van der Waals surface area (Å²) in [6.07, 6.45) is 0.856. The summed E-state index contributed by atoms with van der Waals surface area (Å²) in [5.41, 5.74) is 1.23. The largest absolute Gasteiger partial charge is 0.445 e. The number of carbonyl (C=O) groups excluding carboxylic acids is 2. The van der Waals surface area contributed by atoms with Crippen LogP contribution in [0.15, 0.2) is 24.3 Å². The second-order valence-electron chi connectivity index (χ2n) is 7.62. The Kier molecular flexibility index (Phi) is 7.05. The number of piperidine rings is 1. The van der Waals surface area contributed by atoms with E-state index in [-0.39, 0.29) is 18.7 Å². The molecule has 1 aromatic carbocycles. The van der Waals surface area contributed by atoms with Gasteiger partial charge in [-0.3, -0.25) is 0 Å². The molecule has 1 aromatic rings. The Morgan fingerprint density at radius 2 is 1.93 bits per heavy atom. The molecule has 7 heteroatoms. The van der Waals surface area contributed by atoms with Crippen molar-refractivity contribution in [3.05, 3.63) is 35.4 Å². The molecule has 1 aliphatic heterocycles. The number of rotatable bonds is 4. The van der Waals surface area contributed by atoms with Gasteiger partial charge in [0.05, 0.1) is 12.5 Å². The molecule has 2 rings (SSSR count). The van der Waals surface area contributed by atoms with Crippen LogP contribution in [0, 0.1) is 11.3 Å². The van der Waals surface area contributed by atoms with Crippen LogP contribution >= 0.6 is 0 Å². The molecule has 0 saturated carbocycles. The molecule has 27 heavy (non-hydrogen) atoms. The number of benzene rings is 1. The fraction of sp³-hybridized carbons (Fsp3) is 0.550. The molecule has 1 saturated heterocycles. The number of amides is 2. The third kappa shape index (κ3) is 7.18. The van der Waals surface area contributed by atoms with Gasteiger partial charge in [0.25, 0.3) is 0 Å². The molecule has 0 aromatic heterocycles. The molecule has 0 unspecified atom stereocenters. The molecule has 1 aliphatic rings. The highest BCUT2D eigenvalue weighted by Crippen LogP contribution is 2.14. The number of nitrogens with zero attached hydrogens (tertiary/aromatic N) is 2. The highest BCUT2D eigenvalue weighted by molar-refractivity contribution is 5.69. The molecule has 0 spiro atoms. The molecule has 0 radical (unpaired) electrons. The van der Waals surface area contributed by atoms with Gasteiger partial charge in [-0.05, 0) is 44.7 Å². The molecule has 146 valence electrons. The van der Waals surface area contributed by atoms with Gasteiger partial charge in [-0.2, -0.15) is 5.26 Å². The zero-order chi connectivity index (χ0) is 19.9. The third-order valence-corrected chi connectivity index (χ3v) is 4.11. The topological polar surface area (TPSA) is 91.7 Å². The summed E-state index contributed by atoms with van der Waals surface area (Å²) >= 11 is 0. The third-order valence-electron chi connectivity index (χ3n) is 4.11. The smallest absolute Gasteiger partial charge is 0.410 e. The van der Waals surface area contributed by atoms with Crippen LogP contribution in [-0.4, -0.2) is 41.8 Å². The van der Waals surface area contributed by atoms with Gasteiger partial charge in [-0.15, -0.1) is 0 Å². The minimum atomic E-state index is -0.529. The standard InChI is InChI=1S/C20H27N3O4/c1-20(2,3)27-18(24)22-17-8-11-23(12-9-17)19(25)26-14-16-6-4-5-15(13-16)7-10-21/h4-6,13,17H,7-9,11-12,14H2,1-3H3,(H,22,24). The van der Waals surface area contributed by atoms with Gasteiger partial charge >= 0.3 is 12.2 Å². The van der Waals surface area contributed by atoms with Crippen molar-refractivity contribution in [1.82, 2.24) is 10.2 Å². The molecule has 1 fully saturated rings. The van der Waals surface area contributed by atoms with Crippen molar-refractivity contribution in [3.8, 4) is 6.07 Å². The fourth-order valence-electron chi connectivity index (χ4n) is 2.84. The molecule has 0 aliphatic carbocycles.